The molecule has 1 heterocycles. The highest BCUT2D eigenvalue weighted by atomic mass is 35.5. The van der Waals surface area contributed by atoms with Crippen LogP contribution in [0.4, 0.5) is 9.39 Å². The maximum absolute atomic E-state index is 13.2. The van der Waals surface area contributed by atoms with Gasteiger partial charge in [0.15, 0.2) is 0 Å². The molecule has 0 saturated heterocycles. The Morgan fingerprint density at radius 3 is 2.58 bits per heavy atom. The number of aryl methyl sites for hydroxylation is 1. The first-order valence-electron chi connectivity index (χ1n) is 9.53. The second-order valence-corrected chi connectivity index (χ2v) is 8.08. The van der Waals surface area contributed by atoms with Crippen LogP contribution in [-0.2, 0) is 9.53 Å². The van der Waals surface area contributed by atoms with Crippen LogP contribution >= 0.6 is 22.9 Å². The van der Waals surface area contributed by atoms with Gasteiger partial charge in [0.1, 0.15) is 22.1 Å². The van der Waals surface area contributed by atoms with Crippen molar-refractivity contribution in [2.75, 3.05) is 19.0 Å². The smallest absolute Gasteiger partial charge is 0.341 e. The minimum absolute atomic E-state index is 0.219. The lowest BCUT2D eigenvalue weighted by Crippen LogP contribution is -2.15. The van der Waals surface area contributed by atoms with Gasteiger partial charge in [0.25, 0.3) is 0 Å². The fraction of sp³-hybridized carbons (Fsp3) is 0.217. The van der Waals surface area contributed by atoms with Crippen LogP contribution in [0, 0.1) is 12.7 Å². The molecule has 1 N–H and O–H groups in total. The third-order valence-corrected chi connectivity index (χ3v) is 5.66. The Labute approximate surface area is 188 Å². The van der Waals surface area contributed by atoms with Gasteiger partial charge in [-0.25, -0.2) is 9.18 Å². The van der Waals surface area contributed by atoms with Crippen molar-refractivity contribution in [3.05, 3.63) is 69.8 Å². The average molecular weight is 462 g/mol. The highest BCUT2D eigenvalue weighted by Crippen LogP contribution is 2.36. The van der Waals surface area contributed by atoms with Gasteiger partial charge in [0.2, 0.25) is 5.91 Å². The number of nitrogens with one attached hydrogen (secondary N) is 1. The lowest BCUT2D eigenvalue weighted by atomic mass is 10.0. The summed E-state index contributed by atoms with van der Waals surface area (Å²) in [6, 6.07) is 11.1. The summed E-state index contributed by atoms with van der Waals surface area (Å²) in [4.78, 5) is 24.8. The van der Waals surface area contributed by atoms with Crippen LogP contribution in [0.2, 0.25) is 5.02 Å². The molecule has 162 valence electrons. The minimum Gasteiger partial charge on any atom is -0.493 e. The Bertz CT molecular complexity index is 1080. The van der Waals surface area contributed by atoms with E-state index in [4.69, 9.17) is 21.1 Å². The molecule has 0 saturated carbocycles. The van der Waals surface area contributed by atoms with Crippen LogP contribution in [0.25, 0.3) is 11.1 Å². The Morgan fingerprint density at radius 2 is 1.90 bits per heavy atom. The maximum Gasteiger partial charge on any atom is 0.341 e. The quantitative estimate of drug-likeness (QED) is 0.325. The number of ether oxygens (including phenoxy) is 2. The number of carbonyl (C=O) groups excluding carboxylic acids is 2. The third-order valence-electron chi connectivity index (χ3n) is 4.53. The second-order valence-electron chi connectivity index (χ2n) is 6.76. The van der Waals surface area contributed by atoms with Crippen molar-refractivity contribution in [1.82, 2.24) is 0 Å². The highest BCUT2D eigenvalue weighted by molar-refractivity contribution is 7.15. The van der Waals surface area contributed by atoms with Crippen molar-refractivity contribution in [1.29, 1.82) is 0 Å². The van der Waals surface area contributed by atoms with E-state index in [1.54, 1.807) is 29.6 Å². The van der Waals surface area contributed by atoms with Gasteiger partial charge in [-0.05, 0) is 54.8 Å². The standard InChI is InChI=1S/C23H21ClFNO4S/c1-14-12-16(24)7-10-19(14)30-11-3-4-20(27)26-22-21(23(28)29-2)18(13-31-22)15-5-8-17(25)9-6-15/h5-10,12-13H,3-4,11H2,1-2H3,(H,26,27). The number of esters is 1. The topological polar surface area (TPSA) is 64.6 Å². The Balaban J connectivity index is 1.62. The molecule has 5 nitrogen and oxygen atoms in total. The van der Waals surface area contributed by atoms with E-state index in [0.717, 1.165) is 11.3 Å². The van der Waals surface area contributed by atoms with E-state index in [2.05, 4.69) is 5.32 Å². The minimum atomic E-state index is -0.572. The van der Waals surface area contributed by atoms with Crippen molar-refractivity contribution < 1.29 is 23.5 Å². The lowest BCUT2D eigenvalue weighted by Gasteiger charge is -2.10. The van der Waals surface area contributed by atoms with Gasteiger partial charge < -0.3 is 14.8 Å². The molecule has 1 aromatic heterocycles. The number of methoxy groups -OCH3 is 1. The van der Waals surface area contributed by atoms with Crippen molar-refractivity contribution >= 4 is 39.8 Å². The first-order chi connectivity index (χ1) is 14.9. The molecule has 2 aromatic carbocycles. The van der Waals surface area contributed by atoms with Crippen molar-refractivity contribution in [3.63, 3.8) is 0 Å². The molecule has 0 aliphatic carbocycles. The molecule has 0 aliphatic heterocycles. The fourth-order valence-corrected chi connectivity index (χ4v) is 4.18. The molecule has 0 aliphatic rings. The molecule has 3 aromatic rings. The van der Waals surface area contributed by atoms with Crippen LogP contribution in [0.3, 0.4) is 0 Å². The first-order valence-corrected chi connectivity index (χ1v) is 10.8. The van der Waals surface area contributed by atoms with E-state index in [1.807, 2.05) is 13.0 Å². The zero-order valence-corrected chi connectivity index (χ0v) is 18.6. The number of amides is 1. The number of anilines is 1. The van der Waals surface area contributed by atoms with Crippen molar-refractivity contribution in [2.45, 2.75) is 19.8 Å². The monoisotopic (exact) mass is 461 g/mol. The Hall–Kier alpha value is -2.90. The third kappa shape index (κ3) is 5.83. The van der Waals surface area contributed by atoms with E-state index < -0.39 is 5.97 Å². The van der Waals surface area contributed by atoms with E-state index in [1.165, 1.54) is 30.6 Å². The van der Waals surface area contributed by atoms with Gasteiger partial charge in [-0.2, -0.15) is 0 Å². The molecule has 1 amide bonds. The number of carbonyl (C=O) groups is 2. The van der Waals surface area contributed by atoms with E-state index in [9.17, 15) is 14.0 Å². The van der Waals surface area contributed by atoms with Gasteiger partial charge in [-0.15, -0.1) is 11.3 Å². The second kappa shape index (κ2) is 10.4. The fourth-order valence-electron chi connectivity index (χ4n) is 2.98. The molecule has 3 rings (SSSR count). The van der Waals surface area contributed by atoms with Gasteiger partial charge in [0, 0.05) is 22.4 Å². The largest absolute Gasteiger partial charge is 0.493 e. The van der Waals surface area contributed by atoms with Gasteiger partial charge in [-0.3, -0.25) is 4.79 Å². The zero-order chi connectivity index (χ0) is 22.4. The summed E-state index contributed by atoms with van der Waals surface area (Å²) >= 11 is 7.15. The number of rotatable bonds is 8. The molecule has 0 unspecified atom stereocenters. The molecule has 0 radical (unpaired) electrons. The Morgan fingerprint density at radius 1 is 1.16 bits per heavy atom. The molecule has 31 heavy (non-hydrogen) atoms. The summed E-state index contributed by atoms with van der Waals surface area (Å²) in [6.07, 6.45) is 0.717. The van der Waals surface area contributed by atoms with Crippen LogP contribution in [0.5, 0.6) is 5.75 Å². The molecule has 8 heteroatoms. The zero-order valence-electron chi connectivity index (χ0n) is 17.0. The number of benzene rings is 2. The normalized spacial score (nSPS) is 10.6. The highest BCUT2D eigenvalue weighted by Gasteiger charge is 2.22. The van der Waals surface area contributed by atoms with Gasteiger partial charge >= 0.3 is 5.97 Å². The summed E-state index contributed by atoms with van der Waals surface area (Å²) in [7, 11) is 1.27. The van der Waals surface area contributed by atoms with Crippen molar-refractivity contribution in [2.24, 2.45) is 0 Å². The summed E-state index contributed by atoms with van der Waals surface area (Å²) in [6.45, 7) is 2.27. The summed E-state index contributed by atoms with van der Waals surface area (Å²) in [5, 5.41) is 5.55. The number of hydrogen-bond acceptors (Lipinski definition) is 5. The van der Waals surface area contributed by atoms with Crippen LogP contribution in [-0.4, -0.2) is 25.6 Å². The number of thiophene rings is 1. The molecule has 0 fully saturated rings. The molecular formula is C23H21ClFNO4S. The Kier molecular flexibility index (Phi) is 7.65. The van der Waals surface area contributed by atoms with Crippen LogP contribution in [0.1, 0.15) is 28.8 Å². The predicted molar refractivity (Wildman–Crippen MR) is 121 cm³/mol. The summed E-state index contributed by atoms with van der Waals surface area (Å²) < 4.78 is 23.8. The van der Waals surface area contributed by atoms with E-state index in [-0.39, 0.29) is 23.7 Å². The first kappa shape index (κ1) is 22.8. The van der Waals surface area contributed by atoms with Crippen LogP contribution < -0.4 is 10.1 Å². The average Bonchev–Trinajstić information content (AvgIpc) is 3.15. The number of halogens is 2. The number of hydrogen-bond donors (Lipinski definition) is 1. The maximum atomic E-state index is 13.2. The summed E-state index contributed by atoms with van der Waals surface area (Å²) in [5.41, 5.74) is 2.41. The lowest BCUT2D eigenvalue weighted by molar-refractivity contribution is -0.116. The molecule has 0 bridgehead atoms. The molecule has 0 atom stereocenters. The van der Waals surface area contributed by atoms with Gasteiger partial charge in [-0.1, -0.05) is 23.7 Å². The van der Waals surface area contributed by atoms with Gasteiger partial charge in [0.05, 0.1) is 13.7 Å². The predicted octanol–water partition coefficient (Wildman–Crippen LogP) is 6.10. The molecular weight excluding hydrogens is 441 g/mol. The van der Waals surface area contributed by atoms with Crippen LogP contribution in [0.15, 0.2) is 47.8 Å². The molecule has 0 spiro atoms. The van der Waals surface area contributed by atoms with Crippen molar-refractivity contribution in [3.8, 4) is 16.9 Å². The van der Waals surface area contributed by atoms with E-state index in [0.29, 0.717) is 34.2 Å². The van der Waals surface area contributed by atoms with E-state index >= 15 is 0 Å². The summed E-state index contributed by atoms with van der Waals surface area (Å²) in [5.74, 6) is -0.463. The SMILES string of the molecule is COC(=O)c1c(-c2ccc(F)cc2)csc1NC(=O)CCCOc1ccc(Cl)cc1C.